The quantitative estimate of drug-likeness (QED) is 0.775. The predicted octanol–water partition coefficient (Wildman–Crippen LogP) is 3.61. The Balaban J connectivity index is 2.66. The summed E-state index contributed by atoms with van der Waals surface area (Å²) in [6, 6.07) is 2.65. The molecular weight excluding hydrogens is 287 g/mol. The van der Waals surface area contributed by atoms with Gasteiger partial charge < -0.3 is 4.57 Å². The summed E-state index contributed by atoms with van der Waals surface area (Å²) in [5.41, 5.74) is 1.29. The average Bonchev–Trinajstić information content (AvgIpc) is 2.56. The van der Waals surface area contributed by atoms with Gasteiger partial charge in [0.1, 0.15) is 0 Å². The van der Waals surface area contributed by atoms with E-state index in [4.69, 9.17) is 0 Å². The second-order valence-corrected chi connectivity index (χ2v) is 4.70. The lowest BCUT2D eigenvalue weighted by Gasteiger charge is -2.11. The van der Waals surface area contributed by atoms with E-state index in [1.165, 1.54) is 14.5 Å². The number of rotatable bonds is 2. The number of fused-ring (bicyclic) bond motifs is 1. The van der Waals surface area contributed by atoms with E-state index >= 15 is 0 Å². The van der Waals surface area contributed by atoms with Gasteiger partial charge in [0.15, 0.2) is 0 Å². The van der Waals surface area contributed by atoms with Gasteiger partial charge in [0, 0.05) is 33.6 Å². The fourth-order valence-electron chi connectivity index (χ4n) is 1.62. The third kappa shape index (κ3) is 1.54. The highest BCUT2D eigenvalue weighted by Crippen LogP contribution is 2.25. The highest BCUT2D eigenvalue weighted by molar-refractivity contribution is 14.1. The van der Waals surface area contributed by atoms with Crippen molar-refractivity contribution in [3.63, 3.8) is 0 Å². The first-order valence-corrected chi connectivity index (χ1v) is 5.92. The SMILES string of the molecule is CCC(C)n1cc(I)c2cnccc21. The number of hydrogen-bond acceptors (Lipinski definition) is 1. The Morgan fingerprint density at radius 2 is 2.36 bits per heavy atom. The van der Waals surface area contributed by atoms with E-state index in [0.29, 0.717) is 6.04 Å². The van der Waals surface area contributed by atoms with E-state index in [-0.39, 0.29) is 0 Å². The lowest BCUT2D eigenvalue weighted by Crippen LogP contribution is -2.01. The maximum absolute atomic E-state index is 4.15. The van der Waals surface area contributed by atoms with Crippen molar-refractivity contribution in [1.29, 1.82) is 0 Å². The van der Waals surface area contributed by atoms with E-state index in [1.54, 1.807) is 0 Å². The van der Waals surface area contributed by atoms with Crippen molar-refractivity contribution in [2.75, 3.05) is 0 Å². The van der Waals surface area contributed by atoms with Crippen LogP contribution in [0.5, 0.6) is 0 Å². The summed E-state index contributed by atoms with van der Waals surface area (Å²) in [5, 5.41) is 1.26. The van der Waals surface area contributed by atoms with Crippen LogP contribution in [0.1, 0.15) is 26.3 Å². The van der Waals surface area contributed by atoms with Gasteiger partial charge in [-0.2, -0.15) is 0 Å². The molecule has 0 spiro atoms. The topological polar surface area (TPSA) is 17.8 Å². The molecule has 0 bridgehead atoms. The highest BCUT2D eigenvalue weighted by atomic mass is 127. The van der Waals surface area contributed by atoms with E-state index in [1.807, 2.05) is 12.4 Å². The van der Waals surface area contributed by atoms with Crippen LogP contribution in [0.25, 0.3) is 10.9 Å². The predicted molar refractivity (Wildman–Crippen MR) is 67.5 cm³/mol. The van der Waals surface area contributed by atoms with Crippen molar-refractivity contribution < 1.29 is 0 Å². The van der Waals surface area contributed by atoms with Crippen molar-refractivity contribution in [3.05, 3.63) is 28.2 Å². The summed E-state index contributed by atoms with van der Waals surface area (Å²) in [5.74, 6) is 0. The second-order valence-electron chi connectivity index (χ2n) is 3.53. The van der Waals surface area contributed by atoms with Gasteiger partial charge in [-0.3, -0.25) is 4.98 Å². The summed E-state index contributed by atoms with van der Waals surface area (Å²) in [4.78, 5) is 4.15. The van der Waals surface area contributed by atoms with Crippen LogP contribution in [0.15, 0.2) is 24.7 Å². The van der Waals surface area contributed by atoms with Crippen LogP contribution in [-0.2, 0) is 0 Å². The molecule has 0 aliphatic carbocycles. The summed E-state index contributed by atoms with van der Waals surface area (Å²) < 4.78 is 3.62. The van der Waals surface area contributed by atoms with Crippen LogP contribution in [0, 0.1) is 3.57 Å². The van der Waals surface area contributed by atoms with Crippen molar-refractivity contribution in [3.8, 4) is 0 Å². The van der Waals surface area contributed by atoms with Gasteiger partial charge in [0.25, 0.3) is 0 Å². The first kappa shape index (κ1) is 9.96. The smallest absolute Gasteiger partial charge is 0.0524 e. The van der Waals surface area contributed by atoms with Crippen molar-refractivity contribution in [2.45, 2.75) is 26.3 Å². The second kappa shape index (κ2) is 3.88. The van der Waals surface area contributed by atoms with Crippen LogP contribution in [0.2, 0.25) is 0 Å². The molecule has 2 aromatic heterocycles. The Morgan fingerprint density at radius 1 is 1.57 bits per heavy atom. The molecule has 2 aromatic rings. The van der Waals surface area contributed by atoms with Gasteiger partial charge in [-0.25, -0.2) is 0 Å². The van der Waals surface area contributed by atoms with Crippen LogP contribution >= 0.6 is 22.6 Å². The standard InChI is InChI=1S/C11H13IN2/c1-3-8(2)14-7-10(12)9-6-13-5-4-11(9)14/h4-8H,3H2,1-2H3. The van der Waals surface area contributed by atoms with Crippen molar-refractivity contribution >= 4 is 33.5 Å². The monoisotopic (exact) mass is 300 g/mol. The fraction of sp³-hybridized carbons (Fsp3) is 0.364. The minimum atomic E-state index is 0.559. The Bertz CT molecular complexity index is 447. The molecule has 0 aromatic carbocycles. The fourth-order valence-corrected chi connectivity index (χ4v) is 2.33. The normalized spacial score (nSPS) is 13.4. The minimum absolute atomic E-state index is 0.559. The molecule has 1 unspecified atom stereocenters. The maximum atomic E-state index is 4.15. The molecule has 2 nitrogen and oxygen atoms in total. The molecule has 0 fully saturated rings. The van der Waals surface area contributed by atoms with E-state index in [2.05, 4.69) is 58.3 Å². The molecule has 0 N–H and O–H groups in total. The number of pyridine rings is 1. The Labute approximate surface area is 97.5 Å². The first-order valence-electron chi connectivity index (χ1n) is 4.84. The largest absolute Gasteiger partial charge is 0.344 e. The first-order chi connectivity index (χ1) is 6.74. The summed E-state index contributed by atoms with van der Waals surface area (Å²) in [7, 11) is 0. The third-order valence-corrected chi connectivity index (χ3v) is 3.51. The minimum Gasteiger partial charge on any atom is -0.344 e. The number of hydrogen-bond donors (Lipinski definition) is 0. The summed E-state index contributed by atoms with van der Waals surface area (Å²) in [6.45, 7) is 4.46. The van der Waals surface area contributed by atoms with Crippen LogP contribution in [-0.4, -0.2) is 9.55 Å². The lowest BCUT2D eigenvalue weighted by atomic mass is 10.2. The molecule has 0 radical (unpaired) electrons. The van der Waals surface area contributed by atoms with Crippen LogP contribution in [0.4, 0.5) is 0 Å². The van der Waals surface area contributed by atoms with Gasteiger partial charge >= 0.3 is 0 Å². The highest BCUT2D eigenvalue weighted by Gasteiger charge is 2.09. The Morgan fingerprint density at radius 3 is 3.07 bits per heavy atom. The summed E-state index contributed by atoms with van der Waals surface area (Å²) in [6.07, 6.45) is 7.16. The molecule has 2 heterocycles. The molecule has 0 aliphatic heterocycles. The molecule has 14 heavy (non-hydrogen) atoms. The van der Waals surface area contributed by atoms with E-state index < -0.39 is 0 Å². The van der Waals surface area contributed by atoms with E-state index in [9.17, 15) is 0 Å². The van der Waals surface area contributed by atoms with Gasteiger partial charge in [-0.15, -0.1) is 0 Å². The number of halogens is 1. The average molecular weight is 300 g/mol. The van der Waals surface area contributed by atoms with Gasteiger partial charge in [0.2, 0.25) is 0 Å². The molecule has 2 rings (SSSR count). The zero-order chi connectivity index (χ0) is 10.1. The molecular formula is C11H13IN2. The Kier molecular flexibility index (Phi) is 2.76. The van der Waals surface area contributed by atoms with Crippen molar-refractivity contribution in [2.24, 2.45) is 0 Å². The molecule has 74 valence electrons. The Hall–Kier alpha value is -0.580. The molecule has 0 aliphatic rings. The number of nitrogens with zero attached hydrogens (tertiary/aromatic N) is 2. The molecule has 0 saturated heterocycles. The maximum Gasteiger partial charge on any atom is 0.0524 e. The zero-order valence-corrected chi connectivity index (χ0v) is 10.5. The van der Waals surface area contributed by atoms with Gasteiger partial charge in [0.05, 0.1) is 5.52 Å². The van der Waals surface area contributed by atoms with E-state index in [0.717, 1.165) is 6.42 Å². The molecule has 1 atom stereocenters. The third-order valence-electron chi connectivity index (χ3n) is 2.65. The van der Waals surface area contributed by atoms with Crippen LogP contribution in [0.3, 0.4) is 0 Å². The molecule has 3 heteroatoms. The zero-order valence-electron chi connectivity index (χ0n) is 8.37. The summed E-state index contributed by atoms with van der Waals surface area (Å²) >= 11 is 2.37. The lowest BCUT2D eigenvalue weighted by molar-refractivity contribution is 0.547. The van der Waals surface area contributed by atoms with Gasteiger partial charge in [-0.05, 0) is 42.0 Å². The molecule has 0 amide bonds. The van der Waals surface area contributed by atoms with Crippen molar-refractivity contribution in [1.82, 2.24) is 9.55 Å². The number of aromatic nitrogens is 2. The van der Waals surface area contributed by atoms with Gasteiger partial charge in [-0.1, -0.05) is 6.92 Å². The van der Waals surface area contributed by atoms with Crippen LogP contribution < -0.4 is 0 Å². The molecule has 0 saturated carbocycles.